The van der Waals surface area contributed by atoms with Gasteiger partial charge in [-0.2, -0.15) is 0 Å². The highest BCUT2D eigenvalue weighted by molar-refractivity contribution is 7.92. The number of aryl methyl sites for hydroxylation is 1. The van der Waals surface area contributed by atoms with Crippen molar-refractivity contribution >= 4 is 27.5 Å². The van der Waals surface area contributed by atoms with E-state index < -0.39 is 28.5 Å². The maximum absolute atomic E-state index is 14.8. The van der Waals surface area contributed by atoms with E-state index in [-0.39, 0.29) is 29.8 Å². The first-order valence-corrected chi connectivity index (χ1v) is 18.8. The Labute approximate surface area is 300 Å². The maximum atomic E-state index is 14.8. The molecule has 9 heteroatoms. The zero-order chi connectivity index (χ0) is 35.6. The van der Waals surface area contributed by atoms with Gasteiger partial charge >= 0.3 is 0 Å². The second-order valence-electron chi connectivity index (χ2n) is 12.9. The Morgan fingerprint density at radius 1 is 0.745 bits per heavy atom. The summed E-state index contributed by atoms with van der Waals surface area (Å²) in [5, 5.41) is 3.22. The fourth-order valence-corrected chi connectivity index (χ4v) is 7.88. The summed E-state index contributed by atoms with van der Waals surface area (Å²) in [6.45, 7) is 1.57. The van der Waals surface area contributed by atoms with Gasteiger partial charge in [0.05, 0.1) is 10.6 Å². The van der Waals surface area contributed by atoms with Crippen LogP contribution in [0.1, 0.15) is 42.4 Å². The van der Waals surface area contributed by atoms with E-state index in [4.69, 9.17) is 4.74 Å². The molecule has 1 saturated carbocycles. The van der Waals surface area contributed by atoms with Gasteiger partial charge < -0.3 is 15.0 Å². The summed E-state index contributed by atoms with van der Waals surface area (Å²) in [7, 11) is -4.21. The van der Waals surface area contributed by atoms with Gasteiger partial charge in [-0.3, -0.25) is 13.9 Å². The Hall–Kier alpha value is -5.41. The summed E-state index contributed by atoms with van der Waals surface area (Å²) < 4.78 is 35.8. The highest BCUT2D eigenvalue weighted by Crippen LogP contribution is 2.29. The van der Waals surface area contributed by atoms with Crippen LogP contribution in [0.25, 0.3) is 0 Å². The molecule has 0 unspecified atom stereocenters. The third kappa shape index (κ3) is 9.04. The largest absolute Gasteiger partial charge is 0.457 e. The van der Waals surface area contributed by atoms with Crippen LogP contribution in [-0.2, 0) is 32.6 Å². The van der Waals surface area contributed by atoms with Crippen molar-refractivity contribution in [3.05, 3.63) is 156 Å². The Balaban J connectivity index is 1.38. The first-order valence-electron chi connectivity index (χ1n) is 17.4. The lowest BCUT2D eigenvalue weighted by Gasteiger charge is -2.34. The SMILES string of the molecule is Cc1ccccc1CN(C(=O)CN(c1ccc(Oc2ccccc2)cc1)S(=O)(=O)c1ccccc1)[C@@H](Cc1ccccc1)C(=O)NC1CCCC1. The molecule has 5 aromatic carbocycles. The van der Waals surface area contributed by atoms with E-state index >= 15 is 0 Å². The van der Waals surface area contributed by atoms with Gasteiger partial charge in [0, 0.05) is 19.0 Å². The highest BCUT2D eigenvalue weighted by atomic mass is 32.2. The number of anilines is 1. The molecule has 0 aliphatic heterocycles. The van der Waals surface area contributed by atoms with Crippen molar-refractivity contribution in [1.29, 1.82) is 0 Å². The van der Waals surface area contributed by atoms with Crippen LogP contribution in [0.4, 0.5) is 5.69 Å². The number of amides is 2. The van der Waals surface area contributed by atoms with E-state index in [1.54, 1.807) is 47.4 Å². The number of carbonyl (C=O) groups is 2. The van der Waals surface area contributed by atoms with E-state index in [0.717, 1.165) is 46.7 Å². The molecule has 5 aromatic rings. The zero-order valence-corrected chi connectivity index (χ0v) is 29.5. The number of rotatable bonds is 14. The number of para-hydroxylation sites is 1. The molecule has 262 valence electrons. The van der Waals surface area contributed by atoms with Gasteiger partial charge in [0.15, 0.2) is 0 Å². The highest BCUT2D eigenvalue weighted by Gasteiger charge is 2.35. The molecular weight excluding hydrogens is 659 g/mol. The predicted molar refractivity (Wildman–Crippen MR) is 200 cm³/mol. The first-order chi connectivity index (χ1) is 24.8. The normalized spacial score (nSPS) is 13.7. The topological polar surface area (TPSA) is 96.0 Å². The number of sulfonamides is 1. The number of nitrogens with one attached hydrogen (secondary N) is 1. The monoisotopic (exact) mass is 701 g/mol. The number of carbonyl (C=O) groups excluding carboxylic acids is 2. The van der Waals surface area contributed by atoms with Crippen LogP contribution in [0.15, 0.2) is 144 Å². The van der Waals surface area contributed by atoms with Gasteiger partial charge in [0.2, 0.25) is 11.8 Å². The van der Waals surface area contributed by atoms with Gasteiger partial charge in [-0.15, -0.1) is 0 Å². The molecule has 1 atom stereocenters. The second kappa shape index (κ2) is 16.5. The van der Waals surface area contributed by atoms with Crippen molar-refractivity contribution in [2.45, 2.75) is 62.6 Å². The average Bonchev–Trinajstić information content (AvgIpc) is 3.67. The molecule has 0 heterocycles. The summed E-state index contributed by atoms with van der Waals surface area (Å²) in [5.41, 5.74) is 3.03. The summed E-state index contributed by atoms with van der Waals surface area (Å²) in [6, 6.07) is 40.5. The molecule has 1 N–H and O–H groups in total. The lowest BCUT2D eigenvalue weighted by Crippen LogP contribution is -2.54. The number of hydrogen-bond acceptors (Lipinski definition) is 5. The first kappa shape index (κ1) is 35.4. The smallest absolute Gasteiger partial charge is 0.264 e. The minimum atomic E-state index is -4.21. The van der Waals surface area contributed by atoms with Gasteiger partial charge in [-0.05, 0) is 85.0 Å². The lowest BCUT2D eigenvalue weighted by molar-refractivity contribution is -0.140. The van der Waals surface area contributed by atoms with Crippen LogP contribution in [0.5, 0.6) is 11.5 Å². The van der Waals surface area contributed by atoms with Crippen molar-refractivity contribution in [2.24, 2.45) is 0 Å². The van der Waals surface area contributed by atoms with Crippen molar-refractivity contribution in [3.8, 4) is 11.5 Å². The lowest BCUT2D eigenvalue weighted by atomic mass is 10.0. The van der Waals surface area contributed by atoms with Gasteiger partial charge in [-0.25, -0.2) is 8.42 Å². The Morgan fingerprint density at radius 2 is 1.31 bits per heavy atom. The molecule has 1 aliphatic rings. The fraction of sp³-hybridized carbons (Fsp3) is 0.238. The van der Waals surface area contributed by atoms with Crippen LogP contribution in [0.2, 0.25) is 0 Å². The molecule has 51 heavy (non-hydrogen) atoms. The zero-order valence-electron chi connectivity index (χ0n) is 28.7. The van der Waals surface area contributed by atoms with Crippen LogP contribution >= 0.6 is 0 Å². The van der Waals surface area contributed by atoms with Crippen molar-refractivity contribution in [3.63, 3.8) is 0 Å². The summed E-state index contributed by atoms with van der Waals surface area (Å²) >= 11 is 0. The summed E-state index contributed by atoms with van der Waals surface area (Å²) in [6.07, 6.45) is 4.14. The van der Waals surface area contributed by atoms with E-state index in [9.17, 15) is 18.0 Å². The molecule has 0 aromatic heterocycles. The Bertz CT molecular complexity index is 2000. The molecule has 8 nitrogen and oxygen atoms in total. The minimum Gasteiger partial charge on any atom is -0.457 e. The van der Waals surface area contributed by atoms with E-state index in [2.05, 4.69) is 5.32 Å². The number of nitrogens with zero attached hydrogens (tertiary/aromatic N) is 2. The molecule has 2 amide bonds. The van der Waals surface area contributed by atoms with Crippen LogP contribution in [0.3, 0.4) is 0 Å². The Morgan fingerprint density at radius 3 is 1.96 bits per heavy atom. The average molecular weight is 702 g/mol. The molecule has 0 saturated heterocycles. The van der Waals surface area contributed by atoms with Crippen LogP contribution in [-0.4, -0.2) is 43.8 Å². The molecule has 0 radical (unpaired) electrons. The van der Waals surface area contributed by atoms with Crippen LogP contribution in [0, 0.1) is 6.92 Å². The quantitative estimate of drug-likeness (QED) is 0.128. The molecule has 6 rings (SSSR count). The number of benzene rings is 5. The summed E-state index contributed by atoms with van der Waals surface area (Å²) in [5.74, 6) is 0.417. The minimum absolute atomic E-state index is 0.0396. The van der Waals surface area contributed by atoms with E-state index in [1.165, 1.54) is 12.1 Å². The van der Waals surface area contributed by atoms with Crippen molar-refractivity contribution in [2.75, 3.05) is 10.8 Å². The van der Waals surface area contributed by atoms with E-state index in [1.807, 2.05) is 91.9 Å². The standard InChI is InChI=1S/C42H43N3O5S/c1-32-15-11-12-18-34(32)30-44(40(29-33-16-5-2-6-17-33)42(47)43-35-19-13-14-20-35)41(46)31-45(51(48,49)39-23-9-4-10-24-39)36-25-27-38(28-26-36)50-37-21-7-3-8-22-37/h2-12,15-18,21-28,35,40H,13-14,19-20,29-31H2,1H3,(H,43,47)/t40-/m0/s1. The Kier molecular flexibility index (Phi) is 11.5. The molecule has 1 fully saturated rings. The van der Waals surface area contributed by atoms with Crippen LogP contribution < -0.4 is 14.4 Å². The van der Waals surface area contributed by atoms with Crippen molar-refractivity contribution < 1.29 is 22.7 Å². The van der Waals surface area contributed by atoms with Gasteiger partial charge in [0.25, 0.3) is 10.0 Å². The summed E-state index contributed by atoms with van der Waals surface area (Å²) in [4.78, 5) is 30.7. The predicted octanol–water partition coefficient (Wildman–Crippen LogP) is 7.68. The number of hydrogen-bond donors (Lipinski definition) is 1. The third-order valence-corrected chi connectivity index (χ3v) is 11.1. The maximum Gasteiger partial charge on any atom is 0.264 e. The molecule has 0 bridgehead atoms. The second-order valence-corrected chi connectivity index (χ2v) is 14.7. The number of ether oxygens (including phenoxy) is 1. The third-order valence-electron chi connectivity index (χ3n) is 9.29. The molecular formula is C42H43N3O5S. The van der Waals surface area contributed by atoms with E-state index in [0.29, 0.717) is 17.2 Å². The van der Waals surface area contributed by atoms with Gasteiger partial charge in [-0.1, -0.05) is 104 Å². The molecule has 0 spiro atoms. The van der Waals surface area contributed by atoms with Crippen molar-refractivity contribution in [1.82, 2.24) is 10.2 Å². The fourth-order valence-electron chi connectivity index (χ4n) is 6.45. The van der Waals surface area contributed by atoms with Gasteiger partial charge in [0.1, 0.15) is 24.1 Å². The molecule has 1 aliphatic carbocycles.